The van der Waals surface area contributed by atoms with Gasteiger partial charge in [-0.05, 0) is 67.6 Å². The second kappa shape index (κ2) is 14.5. The molecule has 0 saturated carbocycles. The average Bonchev–Trinajstić information content (AvgIpc) is 2.80. The van der Waals surface area contributed by atoms with Gasteiger partial charge in [-0.15, -0.1) is 0 Å². The molecule has 186 valence electrons. The van der Waals surface area contributed by atoms with Gasteiger partial charge >= 0.3 is 12.1 Å². The Balaban J connectivity index is 1.90. The van der Waals surface area contributed by atoms with E-state index in [1.165, 1.54) is 0 Å². The quantitative estimate of drug-likeness (QED) is 0.365. The fourth-order valence-electron chi connectivity index (χ4n) is 3.28. The monoisotopic (exact) mass is 491 g/mol. The molecule has 1 N–H and O–H groups in total. The number of carbonyl (C=O) groups is 2. The maximum absolute atomic E-state index is 12.7. The lowest BCUT2D eigenvalue weighted by atomic mass is 10.1. The van der Waals surface area contributed by atoms with Crippen molar-refractivity contribution in [3.8, 4) is 11.5 Å². The third kappa shape index (κ3) is 10.0. The first-order valence-electron chi connectivity index (χ1n) is 11.6. The highest BCUT2D eigenvalue weighted by atomic mass is 35.5. The van der Waals surface area contributed by atoms with Crippen molar-refractivity contribution in [3.05, 3.63) is 59.1 Å². The number of carboxylic acid groups (broad SMARTS) is 1. The molecule has 0 aliphatic rings. The molecule has 1 atom stereocenters. The van der Waals surface area contributed by atoms with Crippen LogP contribution in [-0.4, -0.2) is 54.5 Å². The van der Waals surface area contributed by atoms with Gasteiger partial charge in [-0.25, -0.2) is 9.59 Å². The Bertz CT molecular complexity index is 885. The summed E-state index contributed by atoms with van der Waals surface area (Å²) < 4.78 is 16.6. The van der Waals surface area contributed by atoms with Gasteiger partial charge in [-0.3, -0.25) is 0 Å². The van der Waals surface area contributed by atoms with Gasteiger partial charge in [0.1, 0.15) is 18.1 Å². The van der Waals surface area contributed by atoms with Crippen LogP contribution in [0.15, 0.2) is 48.5 Å². The van der Waals surface area contributed by atoms with Crippen molar-refractivity contribution in [2.75, 3.05) is 26.3 Å². The van der Waals surface area contributed by atoms with Crippen molar-refractivity contribution < 1.29 is 28.9 Å². The number of aliphatic carboxylic acids is 1. The molecule has 0 fully saturated rings. The van der Waals surface area contributed by atoms with Crippen LogP contribution in [-0.2, 0) is 16.0 Å². The van der Waals surface area contributed by atoms with Crippen molar-refractivity contribution in [3.63, 3.8) is 0 Å². The number of benzene rings is 2. The summed E-state index contributed by atoms with van der Waals surface area (Å²) in [5, 5.41) is 9.81. The van der Waals surface area contributed by atoms with Crippen LogP contribution >= 0.6 is 11.6 Å². The summed E-state index contributed by atoms with van der Waals surface area (Å²) in [6, 6.07) is 13.9. The fraction of sp³-hybridized carbons (Fsp3) is 0.462. The van der Waals surface area contributed by atoms with E-state index in [1.807, 2.05) is 12.1 Å². The first kappa shape index (κ1) is 27.5. The van der Waals surface area contributed by atoms with E-state index in [1.54, 1.807) is 48.2 Å². The van der Waals surface area contributed by atoms with Crippen LogP contribution in [0.4, 0.5) is 4.79 Å². The maximum atomic E-state index is 12.7. The number of hydrogen-bond donors (Lipinski definition) is 1. The van der Waals surface area contributed by atoms with Crippen LogP contribution in [0.1, 0.15) is 39.2 Å². The number of carbonyl (C=O) groups excluding carboxylic acids is 1. The molecule has 0 saturated heterocycles. The zero-order valence-electron chi connectivity index (χ0n) is 20.0. The summed E-state index contributed by atoms with van der Waals surface area (Å²) in [6.07, 6.45) is 0.853. The minimum Gasteiger partial charge on any atom is -0.492 e. The van der Waals surface area contributed by atoms with Crippen molar-refractivity contribution in [2.45, 2.75) is 46.1 Å². The number of halogens is 1. The molecule has 2 rings (SSSR count). The van der Waals surface area contributed by atoms with Crippen LogP contribution in [0.2, 0.25) is 5.02 Å². The number of ether oxygens (including phenoxy) is 3. The van der Waals surface area contributed by atoms with E-state index in [9.17, 15) is 14.7 Å². The molecule has 0 aromatic heterocycles. The van der Waals surface area contributed by atoms with Crippen LogP contribution in [0.5, 0.6) is 11.5 Å². The molecule has 0 spiro atoms. The third-order valence-electron chi connectivity index (χ3n) is 5.10. The predicted octanol–water partition coefficient (Wildman–Crippen LogP) is 5.69. The summed E-state index contributed by atoms with van der Waals surface area (Å²) in [4.78, 5) is 25.6. The third-order valence-corrected chi connectivity index (χ3v) is 5.36. The van der Waals surface area contributed by atoms with Gasteiger partial charge in [0.05, 0.1) is 6.54 Å². The van der Waals surface area contributed by atoms with E-state index in [2.05, 4.69) is 13.8 Å². The van der Waals surface area contributed by atoms with E-state index in [0.717, 1.165) is 18.4 Å². The standard InChI is InChI=1S/C26H34ClNO6/c1-4-32-24(25(29)30)18-20-7-11-22(12-8-20)33-17-16-28(15-5-6-19(2)3)26(31)34-23-13-9-21(27)10-14-23/h7-14,19,24H,4-6,15-18H2,1-3H3,(H,29,30). The Kier molecular flexibility index (Phi) is 11.7. The SMILES string of the molecule is CCOC(Cc1ccc(OCCN(CCCC(C)C)C(=O)Oc2ccc(Cl)cc2)cc1)C(=O)O. The van der Waals surface area contributed by atoms with Gasteiger partial charge < -0.3 is 24.2 Å². The summed E-state index contributed by atoms with van der Waals surface area (Å²) >= 11 is 5.90. The van der Waals surface area contributed by atoms with E-state index >= 15 is 0 Å². The highest BCUT2D eigenvalue weighted by Gasteiger charge is 2.18. The molecule has 0 aliphatic heterocycles. The highest BCUT2D eigenvalue weighted by Crippen LogP contribution is 2.18. The fourth-order valence-corrected chi connectivity index (χ4v) is 3.41. The van der Waals surface area contributed by atoms with E-state index in [0.29, 0.717) is 48.7 Å². The van der Waals surface area contributed by atoms with Crippen LogP contribution < -0.4 is 9.47 Å². The van der Waals surface area contributed by atoms with Crippen molar-refractivity contribution >= 4 is 23.7 Å². The first-order valence-corrected chi connectivity index (χ1v) is 11.9. The molecule has 34 heavy (non-hydrogen) atoms. The number of amides is 1. The van der Waals surface area contributed by atoms with Gasteiger partial charge in [0.2, 0.25) is 0 Å². The van der Waals surface area contributed by atoms with Gasteiger partial charge in [-0.1, -0.05) is 37.6 Å². The average molecular weight is 492 g/mol. The molecular formula is C26H34ClNO6. The summed E-state index contributed by atoms with van der Waals surface area (Å²) in [5.41, 5.74) is 0.843. The van der Waals surface area contributed by atoms with E-state index in [-0.39, 0.29) is 6.42 Å². The molecule has 8 heteroatoms. The normalized spacial score (nSPS) is 11.8. The summed E-state index contributed by atoms with van der Waals surface area (Å²) in [6.45, 7) is 7.65. The predicted molar refractivity (Wildman–Crippen MR) is 132 cm³/mol. The van der Waals surface area contributed by atoms with Gasteiger partial charge in [0.15, 0.2) is 6.10 Å². The van der Waals surface area contributed by atoms with Gasteiger partial charge in [-0.2, -0.15) is 0 Å². The largest absolute Gasteiger partial charge is 0.492 e. The maximum Gasteiger partial charge on any atom is 0.415 e. The molecule has 2 aromatic rings. The molecule has 0 radical (unpaired) electrons. The smallest absolute Gasteiger partial charge is 0.415 e. The summed E-state index contributed by atoms with van der Waals surface area (Å²) in [7, 11) is 0. The number of carboxylic acids is 1. The molecule has 1 amide bonds. The molecule has 2 aromatic carbocycles. The first-order chi connectivity index (χ1) is 16.3. The lowest BCUT2D eigenvalue weighted by Gasteiger charge is -2.22. The number of nitrogens with zero attached hydrogens (tertiary/aromatic N) is 1. The molecular weight excluding hydrogens is 458 g/mol. The van der Waals surface area contributed by atoms with Crippen LogP contribution in [0, 0.1) is 5.92 Å². The van der Waals surface area contributed by atoms with Crippen LogP contribution in [0.25, 0.3) is 0 Å². The Hall–Kier alpha value is -2.77. The second-order valence-corrected chi connectivity index (χ2v) is 8.76. The topological polar surface area (TPSA) is 85.3 Å². The van der Waals surface area contributed by atoms with Crippen LogP contribution in [0.3, 0.4) is 0 Å². The molecule has 7 nitrogen and oxygen atoms in total. The number of hydrogen-bond acceptors (Lipinski definition) is 5. The molecule has 0 aliphatic carbocycles. The number of rotatable bonds is 14. The Morgan fingerprint density at radius 3 is 2.24 bits per heavy atom. The minimum absolute atomic E-state index is 0.281. The van der Waals surface area contributed by atoms with E-state index in [4.69, 9.17) is 25.8 Å². The van der Waals surface area contributed by atoms with Crippen molar-refractivity contribution in [1.29, 1.82) is 0 Å². The van der Waals surface area contributed by atoms with Gasteiger partial charge in [0.25, 0.3) is 0 Å². The Labute approximate surface area is 206 Å². The molecule has 0 bridgehead atoms. The van der Waals surface area contributed by atoms with E-state index < -0.39 is 18.2 Å². The molecule has 0 heterocycles. The van der Waals surface area contributed by atoms with Gasteiger partial charge in [0, 0.05) is 24.6 Å². The minimum atomic E-state index is -0.981. The lowest BCUT2D eigenvalue weighted by Crippen LogP contribution is -2.37. The zero-order valence-corrected chi connectivity index (χ0v) is 20.8. The Morgan fingerprint density at radius 2 is 1.65 bits per heavy atom. The van der Waals surface area contributed by atoms with Crippen molar-refractivity contribution in [2.24, 2.45) is 5.92 Å². The molecule has 1 unspecified atom stereocenters. The lowest BCUT2D eigenvalue weighted by molar-refractivity contribution is -0.149. The van der Waals surface area contributed by atoms with Crippen molar-refractivity contribution in [1.82, 2.24) is 4.90 Å². The summed E-state index contributed by atoms with van der Waals surface area (Å²) in [5.74, 6) is 0.643. The second-order valence-electron chi connectivity index (χ2n) is 8.32. The Morgan fingerprint density at radius 1 is 1.00 bits per heavy atom. The highest BCUT2D eigenvalue weighted by molar-refractivity contribution is 6.30. The zero-order chi connectivity index (χ0) is 24.9.